The van der Waals surface area contributed by atoms with Crippen LogP contribution in [0.2, 0.25) is 0 Å². The van der Waals surface area contributed by atoms with Gasteiger partial charge in [0.2, 0.25) is 0 Å². The predicted octanol–water partition coefficient (Wildman–Crippen LogP) is 3.76. The first kappa shape index (κ1) is 11.5. The molecule has 0 aromatic heterocycles. The predicted molar refractivity (Wildman–Crippen MR) is 60.4 cm³/mol. The Bertz CT molecular complexity index is 156. The van der Waals surface area contributed by atoms with Gasteiger partial charge < -0.3 is 4.74 Å². The number of alkyl halides is 1. The van der Waals surface area contributed by atoms with Crippen LogP contribution in [0.1, 0.15) is 46.5 Å². The largest absolute Gasteiger partial charge is 0.371 e. The van der Waals surface area contributed by atoms with Gasteiger partial charge in [0.15, 0.2) is 0 Å². The Morgan fingerprint density at radius 2 is 2.08 bits per heavy atom. The second-order valence-corrected chi connectivity index (χ2v) is 5.47. The maximum atomic E-state index is 6.05. The molecule has 1 fully saturated rings. The van der Waals surface area contributed by atoms with Crippen molar-refractivity contribution in [2.45, 2.75) is 58.2 Å². The average Bonchev–Trinajstić information content (AvgIpc) is 2.03. The molecule has 2 unspecified atom stereocenters. The third-order valence-electron chi connectivity index (χ3n) is 2.70. The van der Waals surface area contributed by atoms with E-state index >= 15 is 0 Å². The summed E-state index contributed by atoms with van der Waals surface area (Å²) in [6, 6.07) is 0. The Kier molecular flexibility index (Phi) is 4.24. The van der Waals surface area contributed by atoms with Crippen molar-refractivity contribution >= 4 is 15.9 Å². The molecule has 0 N–H and O–H groups in total. The Morgan fingerprint density at radius 3 is 2.62 bits per heavy atom. The normalized spacial score (nSPS) is 30.5. The standard InChI is InChI=1S/C11H21BrO/c1-9-5-4-6-10(7-9)13-11(2,3)8-12/h9-10H,4-8H2,1-3H3. The second kappa shape index (κ2) is 4.79. The zero-order valence-corrected chi connectivity index (χ0v) is 10.6. The molecule has 1 saturated carbocycles. The van der Waals surface area contributed by atoms with Gasteiger partial charge in [-0.2, -0.15) is 0 Å². The van der Waals surface area contributed by atoms with E-state index in [4.69, 9.17) is 4.74 Å². The lowest BCUT2D eigenvalue weighted by Gasteiger charge is -2.33. The summed E-state index contributed by atoms with van der Waals surface area (Å²) in [5.74, 6) is 0.852. The number of rotatable bonds is 3. The van der Waals surface area contributed by atoms with Gasteiger partial charge in [-0.15, -0.1) is 0 Å². The molecule has 1 aliphatic carbocycles. The fourth-order valence-corrected chi connectivity index (χ4v) is 2.10. The molecule has 0 bridgehead atoms. The average molecular weight is 249 g/mol. The molecule has 1 aliphatic rings. The minimum absolute atomic E-state index is 0.00171. The van der Waals surface area contributed by atoms with Crippen molar-refractivity contribution in [3.63, 3.8) is 0 Å². The van der Waals surface area contributed by atoms with E-state index in [0.717, 1.165) is 11.2 Å². The molecule has 2 heteroatoms. The van der Waals surface area contributed by atoms with Crippen LogP contribution in [0.4, 0.5) is 0 Å². The van der Waals surface area contributed by atoms with Gasteiger partial charge in [-0.3, -0.25) is 0 Å². The van der Waals surface area contributed by atoms with Crippen molar-refractivity contribution in [2.75, 3.05) is 5.33 Å². The zero-order chi connectivity index (χ0) is 9.90. The van der Waals surface area contributed by atoms with Crippen molar-refractivity contribution in [1.82, 2.24) is 0 Å². The maximum absolute atomic E-state index is 6.05. The first-order valence-electron chi connectivity index (χ1n) is 5.27. The monoisotopic (exact) mass is 248 g/mol. The quantitative estimate of drug-likeness (QED) is 0.692. The number of hydrogen-bond donors (Lipinski definition) is 0. The molecular formula is C11H21BrO. The first-order valence-corrected chi connectivity index (χ1v) is 6.39. The second-order valence-electron chi connectivity index (χ2n) is 4.90. The molecule has 0 saturated heterocycles. The highest BCUT2D eigenvalue weighted by Gasteiger charge is 2.26. The van der Waals surface area contributed by atoms with Gasteiger partial charge in [0.05, 0.1) is 11.7 Å². The van der Waals surface area contributed by atoms with Crippen LogP contribution in [0.3, 0.4) is 0 Å². The van der Waals surface area contributed by atoms with Crippen molar-refractivity contribution in [2.24, 2.45) is 5.92 Å². The van der Waals surface area contributed by atoms with E-state index in [-0.39, 0.29) is 5.60 Å². The minimum Gasteiger partial charge on any atom is -0.371 e. The van der Waals surface area contributed by atoms with E-state index in [9.17, 15) is 0 Å². The van der Waals surface area contributed by atoms with Crippen molar-refractivity contribution in [1.29, 1.82) is 0 Å². The van der Waals surface area contributed by atoms with Crippen LogP contribution in [0.25, 0.3) is 0 Å². The lowest BCUT2D eigenvalue weighted by Crippen LogP contribution is -2.34. The molecule has 2 atom stereocenters. The molecular weight excluding hydrogens is 228 g/mol. The van der Waals surface area contributed by atoms with Gasteiger partial charge >= 0.3 is 0 Å². The Labute approximate surface area is 90.4 Å². The van der Waals surface area contributed by atoms with Gasteiger partial charge in [0.25, 0.3) is 0 Å². The van der Waals surface area contributed by atoms with Crippen LogP contribution in [0.5, 0.6) is 0 Å². The SMILES string of the molecule is CC1CCCC(OC(C)(C)CBr)C1. The maximum Gasteiger partial charge on any atom is 0.0726 e. The summed E-state index contributed by atoms with van der Waals surface area (Å²) in [6.07, 6.45) is 5.71. The van der Waals surface area contributed by atoms with Crippen LogP contribution >= 0.6 is 15.9 Å². The molecule has 0 spiro atoms. The Hall–Kier alpha value is 0.440. The number of halogens is 1. The topological polar surface area (TPSA) is 9.23 Å². The minimum atomic E-state index is 0.00171. The van der Waals surface area contributed by atoms with Crippen LogP contribution in [0, 0.1) is 5.92 Å². The molecule has 0 aromatic rings. The summed E-state index contributed by atoms with van der Waals surface area (Å²) in [4.78, 5) is 0. The van der Waals surface area contributed by atoms with Gasteiger partial charge in [0, 0.05) is 5.33 Å². The van der Waals surface area contributed by atoms with Gasteiger partial charge in [-0.25, -0.2) is 0 Å². The van der Waals surface area contributed by atoms with E-state index in [1.807, 2.05) is 0 Å². The Morgan fingerprint density at radius 1 is 1.38 bits per heavy atom. The van der Waals surface area contributed by atoms with Crippen LogP contribution in [-0.4, -0.2) is 17.0 Å². The highest BCUT2D eigenvalue weighted by Crippen LogP contribution is 2.29. The molecule has 0 amide bonds. The van der Waals surface area contributed by atoms with Crippen LogP contribution in [-0.2, 0) is 4.74 Å². The van der Waals surface area contributed by atoms with Gasteiger partial charge in [-0.05, 0) is 32.6 Å². The third kappa shape index (κ3) is 3.99. The molecule has 0 heterocycles. The summed E-state index contributed by atoms with van der Waals surface area (Å²) in [5.41, 5.74) is 0.00171. The molecule has 0 aliphatic heterocycles. The van der Waals surface area contributed by atoms with Gasteiger partial charge in [-0.1, -0.05) is 35.7 Å². The number of hydrogen-bond acceptors (Lipinski definition) is 1. The zero-order valence-electron chi connectivity index (χ0n) is 8.98. The fraction of sp³-hybridized carbons (Fsp3) is 1.00. The summed E-state index contributed by atoms with van der Waals surface area (Å²) in [6.45, 7) is 6.64. The van der Waals surface area contributed by atoms with E-state index in [1.165, 1.54) is 25.7 Å². The summed E-state index contributed by atoms with van der Waals surface area (Å²) >= 11 is 3.49. The highest BCUT2D eigenvalue weighted by molar-refractivity contribution is 9.09. The summed E-state index contributed by atoms with van der Waals surface area (Å²) in [7, 11) is 0. The van der Waals surface area contributed by atoms with Gasteiger partial charge in [0.1, 0.15) is 0 Å². The van der Waals surface area contributed by atoms with Crippen LogP contribution < -0.4 is 0 Å². The lowest BCUT2D eigenvalue weighted by atomic mass is 9.88. The molecule has 0 radical (unpaired) electrons. The third-order valence-corrected chi connectivity index (χ3v) is 4.05. The molecule has 1 rings (SSSR count). The number of ether oxygens (including phenoxy) is 1. The molecule has 0 aromatic carbocycles. The highest BCUT2D eigenvalue weighted by atomic mass is 79.9. The fourth-order valence-electron chi connectivity index (χ4n) is 1.97. The van der Waals surface area contributed by atoms with Crippen LogP contribution in [0.15, 0.2) is 0 Å². The van der Waals surface area contributed by atoms with E-state index in [2.05, 4.69) is 36.7 Å². The lowest BCUT2D eigenvalue weighted by molar-refractivity contribution is -0.0767. The van der Waals surface area contributed by atoms with Crippen molar-refractivity contribution < 1.29 is 4.74 Å². The molecule has 13 heavy (non-hydrogen) atoms. The first-order chi connectivity index (χ1) is 6.03. The van der Waals surface area contributed by atoms with E-state index < -0.39 is 0 Å². The van der Waals surface area contributed by atoms with E-state index in [1.54, 1.807) is 0 Å². The summed E-state index contributed by atoms with van der Waals surface area (Å²) < 4.78 is 6.05. The summed E-state index contributed by atoms with van der Waals surface area (Å²) in [5, 5.41) is 0.922. The molecule has 1 nitrogen and oxygen atoms in total. The van der Waals surface area contributed by atoms with Crippen molar-refractivity contribution in [3.05, 3.63) is 0 Å². The molecule has 78 valence electrons. The Balaban J connectivity index is 2.35. The van der Waals surface area contributed by atoms with Crippen molar-refractivity contribution in [3.8, 4) is 0 Å². The van der Waals surface area contributed by atoms with E-state index in [0.29, 0.717) is 6.10 Å². The smallest absolute Gasteiger partial charge is 0.0726 e.